The lowest BCUT2D eigenvalue weighted by Gasteiger charge is -2.04. The van der Waals surface area contributed by atoms with Gasteiger partial charge in [-0.25, -0.2) is 0 Å². The molecule has 9 heavy (non-hydrogen) atoms. The molecule has 0 aromatic rings. The van der Waals surface area contributed by atoms with Crippen molar-refractivity contribution in [3.8, 4) is 0 Å². The van der Waals surface area contributed by atoms with Crippen LogP contribution in [0.3, 0.4) is 0 Å². The van der Waals surface area contributed by atoms with Crippen LogP contribution in [0.4, 0.5) is 0 Å². The largest absolute Gasteiger partial charge is 0.316 e. The van der Waals surface area contributed by atoms with Crippen LogP contribution < -0.4 is 5.73 Å². The molecule has 0 spiro atoms. The van der Waals surface area contributed by atoms with Gasteiger partial charge in [-0.05, 0) is 17.7 Å². The van der Waals surface area contributed by atoms with E-state index >= 15 is 0 Å². The highest BCUT2D eigenvalue weighted by Crippen LogP contribution is 2.63. The fourth-order valence-corrected chi connectivity index (χ4v) is 3.04. The number of fused-ring (bicyclic) bond motifs is 1. The van der Waals surface area contributed by atoms with Crippen molar-refractivity contribution in [3.63, 3.8) is 0 Å². The molecule has 2 N–H and O–H groups in total. The van der Waals surface area contributed by atoms with Crippen LogP contribution in [0.15, 0.2) is 11.0 Å². The predicted molar refractivity (Wildman–Crippen MR) is 40.9 cm³/mol. The Balaban J connectivity index is 2.25. The minimum atomic E-state index is 0.115. The highest BCUT2D eigenvalue weighted by molar-refractivity contribution is 8.04. The van der Waals surface area contributed by atoms with Gasteiger partial charge in [0.25, 0.3) is 0 Å². The second-order valence-corrected chi connectivity index (χ2v) is 4.60. The van der Waals surface area contributed by atoms with E-state index in [-0.39, 0.29) is 4.87 Å². The standard InChI is InChI=1S/C7H11NS/c1-4-3-6-5(2)7(6,8)9-4/h3,5-6H,8H2,1-2H3. The Kier molecular flexibility index (Phi) is 0.888. The summed E-state index contributed by atoms with van der Waals surface area (Å²) in [7, 11) is 0. The fourth-order valence-electron chi connectivity index (χ4n) is 1.59. The lowest BCUT2D eigenvalue weighted by Crippen LogP contribution is -2.19. The maximum absolute atomic E-state index is 6.00. The van der Waals surface area contributed by atoms with Gasteiger partial charge in [0.1, 0.15) is 0 Å². The van der Waals surface area contributed by atoms with E-state index in [4.69, 9.17) is 5.73 Å². The van der Waals surface area contributed by atoms with Gasteiger partial charge in [-0.1, -0.05) is 13.0 Å². The molecule has 1 aliphatic carbocycles. The Hall–Kier alpha value is 0.0500. The first-order valence-corrected chi connectivity index (χ1v) is 4.12. The van der Waals surface area contributed by atoms with Crippen molar-refractivity contribution in [2.75, 3.05) is 0 Å². The molecule has 0 saturated heterocycles. The molecule has 3 atom stereocenters. The zero-order chi connectivity index (χ0) is 6.65. The summed E-state index contributed by atoms with van der Waals surface area (Å²) in [5.41, 5.74) is 6.00. The third-order valence-electron chi connectivity index (χ3n) is 2.41. The van der Waals surface area contributed by atoms with Gasteiger partial charge in [-0.15, -0.1) is 11.8 Å². The smallest absolute Gasteiger partial charge is 0.0763 e. The van der Waals surface area contributed by atoms with Gasteiger partial charge in [-0.2, -0.15) is 0 Å². The average molecular weight is 141 g/mol. The van der Waals surface area contributed by atoms with E-state index < -0.39 is 0 Å². The Morgan fingerprint density at radius 3 is 2.78 bits per heavy atom. The summed E-state index contributed by atoms with van der Waals surface area (Å²) in [6.45, 7) is 4.36. The molecule has 1 fully saturated rings. The molecule has 2 rings (SSSR count). The van der Waals surface area contributed by atoms with Gasteiger partial charge >= 0.3 is 0 Å². The molecule has 1 saturated carbocycles. The molecular formula is C7H11NS. The van der Waals surface area contributed by atoms with Gasteiger partial charge < -0.3 is 5.73 Å². The van der Waals surface area contributed by atoms with E-state index in [9.17, 15) is 0 Å². The maximum Gasteiger partial charge on any atom is 0.0763 e. The van der Waals surface area contributed by atoms with E-state index in [1.54, 1.807) is 0 Å². The Morgan fingerprint density at radius 1 is 1.78 bits per heavy atom. The summed E-state index contributed by atoms with van der Waals surface area (Å²) >= 11 is 1.84. The number of rotatable bonds is 0. The van der Waals surface area contributed by atoms with E-state index in [1.807, 2.05) is 11.8 Å². The molecule has 3 unspecified atom stereocenters. The predicted octanol–water partition coefficient (Wildman–Crippen LogP) is 1.56. The van der Waals surface area contributed by atoms with E-state index in [2.05, 4.69) is 19.9 Å². The van der Waals surface area contributed by atoms with Crippen LogP contribution in [0.2, 0.25) is 0 Å². The summed E-state index contributed by atoms with van der Waals surface area (Å²) in [5.74, 6) is 1.40. The summed E-state index contributed by atoms with van der Waals surface area (Å²) in [6, 6.07) is 0. The highest BCUT2D eigenvalue weighted by Gasteiger charge is 2.61. The van der Waals surface area contributed by atoms with Crippen molar-refractivity contribution in [3.05, 3.63) is 11.0 Å². The van der Waals surface area contributed by atoms with E-state index in [1.165, 1.54) is 4.91 Å². The van der Waals surface area contributed by atoms with Crippen molar-refractivity contribution >= 4 is 11.8 Å². The van der Waals surface area contributed by atoms with Crippen molar-refractivity contribution in [1.82, 2.24) is 0 Å². The molecule has 0 aromatic carbocycles. The summed E-state index contributed by atoms with van der Waals surface area (Å²) in [6.07, 6.45) is 2.30. The van der Waals surface area contributed by atoms with Crippen LogP contribution in [0.1, 0.15) is 13.8 Å². The van der Waals surface area contributed by atoms with Crippen molar-refractivity contribution < 1.29 is 0 Å². The lowest BCUT2D eigenvalue weighted by molar-refractivity contribution is 0.844. The molecule has 1 aliphatic heterocycles. The van der Waals surface area contributed by atoms with Crippen LogP contribution in [0.5, 0.6) is 0 Å². The van der Waals surface area contributed by atoms with Crippen molar-refractivity contribution in [2.45, 2.75) is 18.7 Å². The summed E-state index contributed by atoms with van der Waals surface area (Å²) in [4.78, 5) is 1.52. The van der Waals surface area contributed by atoms with Gasteiger partial charge in [-0.3, -0.25) is 0 Å². The van der Waals surface area contributed by atoms with E-state index in [0.29, 0.717) is 11.8 Å². The van der Waals surface area contributed by atoms with Crippen LogP contribution in [-0.2, 0) is 0 Å². The Labute approximate surface area is 59.7 Å². The molecule has 2 aliphatic rings. The molecule has 1 heterocycles. The topological polar surface area (TPSA) is 26.0 Å². The number of allylic oxidation sites excluding steroid dienone is 1. The first-order valence-electron chi connectivity index (χ1n) is 3.31. The monoisotopic (exact) mass is 141 g/mol. The average Bonchev–Trinajstić information content (AvgIpc) is 2.23. The Bertz CT molecular complexity index is 187. The minimum absolute atomic E-state index is 0.115. The van der Waals surface area contributed by atoms with Gasteiger partial charge in [0, 0.05) is 5.92 Å². The van der Waals surface area contributed by atoms with Gasteiger partial charge in [0.15, 0.2) is 0 Å². The molecule has 0 aromatic heterocycles. The number of thioether (sulfide) groups is 1. The van der Waals surface area contributed by atoms with E-state index in [0.717, 1.165) is 0 Å². The third kappa shape index (κ3) is 0.555. The molecular weight excluding hydrogens is 130 g/mol. The van der Waals surface area contributed by atoms with Crippen molar-refractivity contribution in [1.29, 1.82) is 0 Å². The number of hydrogen-bond donors (Lipinski definition) is 1. The molecule has 0 bridgehead atoms. The van der Waals surface area contributed by atoms with Crippen molar-refractivity contribution in [2.24, 2.45) is 17.6 Å². The van der Waals surface area contributed by atoms with Gasteiger partial charge in [0.05, 0.1) is 4.87 Å². The zero-order valence-corrected chi connectivity index (χ0v) is 6.53. The fraction of sp³-hybridized carbons (Fsp3) is 0.714. The number of nitrogens with two attached hydrogens (primary N) is 1. The quantitative estimate of drug-likeness (QED) is 0.554. The van der Waals surface area contributed by atoms with Crippen LogP contribution >= 0.6 is 11.8 Å². The zero-order valence-electron chi connectivity index (χ0n) is 5.72. The molecule has 1 nitrogen and oxygen atoms in total. The molecule has 50 valence electrons. The van der Waals surface area contributed by atoms with Crippen LogP contribution in [-0.4, -0.2) is 4.87 Å². The Morgan fingerprint density at radius 2 is 2.44 bits per heavy atom. The van der Waals surface area contributed by atoms with Crippen LogP contribution in [0, 0.1) is 11.8 Å². The lowest BCUT2D eigenvalue weighted by atomic mass is 10.3. The molecule has 0 radical (unpaired) electrons. The normalized spacial score (nSPS) is 54.8. The summed E-state index contributed by atoms with van der Waals surface area (Å²) < 4.78 is 0. The second-order valence-electron chi connectivity index (χ2n) is 3.05. The second kappa shape index (κ2) is 1.38. The molecule has 2 heteroatoms. The third-order valence-corrected chi connectivity index (χ3v) is 3.87. The first kappa shape index (κ1) is 5.81. The van der Waals surface area contributed by atoms with Crippen LogP contribution in [0.25, 0.3) is 0 Å². The summed E-state index contributed by atoms with van der Waals surface area (Å²) in [5, 5.41) is 0. The first-order chi connectivity index (χ1) is 4.14. The minimum Gasteiger partial charge on any atom is -0.316 e. The highest BCUT2D eigenvalue weighted by atomic mass is 32.2. The number of hydrogen-bond acceptors (Lipinski definition) is 2. The maximum atomic E-state index is 6.00. The van der Waals surface area contributed by atoms with Gasteiger partial charge in [0.2, 0.25) is 0 Å². The SMILES string of the molecule is CC1=CC2C(C)C2(N)S1. The molecule has 0 amide bonds.